The molecule has 0 aliphatic rings. The fraction of sp³-hybridized carbons (Fsp3) is 0.0909. The molecule has 2 rings (SSSR count). The number of non-ortho nitro benzene ring substituents is 1. The number of nitro groups is 1. The lowest BCUT2D eigenvalue weighted by molar-refractivity contribution is -0.384. The number of benzene rings is 1. The lowest BCUT2D eigenvalue weighted by Gasteiger charge is -2.04. The maximum Gasteiger partial charge on any atom is 0.270 e. The maximum atomic E-state index is 10.7. The minimum absolute atomic E-state index is 0.0281. The second kappa shape index (κ2) is 4.47. The average molecular weight is 250 g/mol. The highest BCUT2D eigenvalue weighted by Crippen LogP contribution is 2.26. The second-order valence-corrected chi connectivity index (χ2v) is 3.81. The van der Waals surface area contributed by atoms with Crippen molar-refractivity contribution < 1.29 is 4.92 Å². The zero-order valence-electron chi connectivity index (χ0n) is 8.92. The summed E-state index contributed by atoms with van der Waals surface area (Å²) in [6.07, 6.45) is 1.52. The zero-order chi connectivity index (χ0) is 12.4. The third-order valence-corrected chi connectivity index (χ3v) is 2.52. The van der Waals surface area contributed by atoms with Gasteiger partial charge in [-0.1, -0.05) is 6.07 Å². The summed E-state index contributed by atoms with van der Waals surface area (Å²) in [5.41, 5.74) is 2.18. The Labute approximate surface area is 102 Å². The van der Waals surface area contributed by atoms with Gasteiger partial charge in [0.15, 0.2) is 0 Å². The van der Waals surface area contributed by atoms with Crippen LogP contribution in [0.3, 0.4) is 0 Å². The molecule has 0 saturated heterocycles. The van der Waals surface area contributed by atoms with Gasteiger partial charge in [-0.2, -0.15) is 0 Å². The Balaban J connectivity index is 2.58. The maximum absolute atomic E-state index is 10.7. The van der Waals surface area contributed by atoms with E-state index >= 15 is 0 Å². The van der Waals surface area contributed by atoms with E-state index in [1.54, 1.807) is 12.1 Å². The summed E-state index contributed by atoms with van der Waals surface area (Å²) in [4.78, 5) is 18.1. The van der Waals surface area contributed by atoms with Crippen LogP contribution in [0.15, 0.2) is 30.5 Å². The molecule has 6 heteroatoms. The first-order chi connectivity index (χ1) is 8.08. The molecule has 0 radical (unpaired) electrons. The van der Waals surface area contributed by atoms with Gasteiger partial charge in [0.25, 0.3) is 5.69 Å². The summed E-state index contributed by atoms with van der Waals surface area (Å²) in [6, 6.07) is 6.29. The third kappa shape index (κ3) is 2.39. The van der Waals surface area contributed by atoms with Crippen LogP contribution in [-0.4, -0.2) is 14.9 Å². The zero-order valence-corrected chi connectivity index (χ0v) is 9.68. The highest BCUT2D eigenvalue weighted by atomic mass is 35.5. The second-order valence-electron chi connectivity index (χ2n) is 3.47. The molecule has 5 nitrogen and oxygen atoms in total. The Morgan fingerprint density at radius 1 is 1.35 bits per heavy atom. The van der Waals surface area contributed by atoms with Gasteiger partial charge in [-0.3, -0.25) is 10.1 Å². The van der Waals surface area contributed by atoms with Crippen molar-refractivity contribution in [3.63, 3.8) is 0 Å². The molecule has 1 heterocycles. The summed E-state index contributed by atoms with van der Waals surface area (Å²) in [6.45, 7) is 1.86. The predicted molar refractivity (Wildman–Crippen MR) is 63.9 cm³/mol. The van der Waals surface area contributed by atoms with Crippen LogP contribution in [0.1, 0.15) is 5.56 Å². The van der Waals surface area contributed by atoms with E-state index in [1.807, 2.05) is 6.92 Å². The third-order valence-electron chi connectivity index (χ3n) is 2.33. The fourth-order valence-electron chi connectivity index (χ4n) is 1.48. The number of nitrogens with zero attached hydrogens (tertiary/aromatic N) is 3. The molecule has 0 aliphatic heterocycles. The summed E-state index contributed by atoms with van der Waals surface area (Å²) < 4.78 is 0. The lowest BCUT2D eigenvalue weighted by Crippen LogP contribution is -1.93. The number of aromatic nitrogens is 2. The number of hydrogen-bond donors (Lipinski definition) is 0. The summed E-state index contributed by atoms with van der Waals surface area (Å²) in [5.74, 6) is 0. The van der Waals surface area contributed by atoms with Crippen LogP contribution in [0, 0.1) is 17.0 Å². The normalized spacial score (nSPS) is 10.2. The first-order valence-corrected chi connectivity index (χ1v) is 5.19. The van der Waals surface area contributed by atoms with Crippen molar-refractivity contribution in [2.24, 2.45) is 0 Å². The van der Waals surface area contributed by atoms with Gasteiger partial charge in [-0.05, 0) is 30.2 Å². The first kappa shape index (κ1) is 11.5. The monoisotopic (exact) mass is 249 g/mol. The van der Waals surface area contributed by atoms with E-state index in [-0.39, 0.29) is 11.0 Å². The minimum Gasteiger partial charge on any atom is -0.258 e. The standard InChI is InChI=1S/C11H8ClN3O2/c1-7-2-3-8(15(16)17)6-9(7)10-4-5-13-11(12)14-10/h2-6H,1H3. The van der Waals surface area contributed by atoms with Crippen LogP contribution in [0.4, 0.5) is 5.69 Å². The predicted octanol–water partition coefficient (Wildman–Crippen LogP) is 3.01. The van der Waals surface area contributed by atoms with Crippen LogP contribution in [0.25, 0.3) is 11.3 Å². The highest BCUT2D eigenvalue weighted by molar-refractivity contribution is 6.28. The van der Waals surface area contributed by atoms with Crippen LogP contribution in [-0.2, 0) is 0 Å². The molecule has 1 aromatic heterocycles. The fourth-order valence-corrected chi connectivity index (χ4v) is 1.63. The summed E-state index contributed by atoms with van der Waals surface area (Å²) >= 11 is 5.69. The van der Waals surface area contributed by atoms with Gasteiger partial charge < -0.3 is 0 Å². The van der Waals surface area contributed by atoms with Crippen LogP contribution in [0.5, 0.6) is 0 Å². The molecular weight excluding hydrogens is 242 g/mol. The first-order valence-electron chi connectivity index (χ1n) is 4.82. The number of nitro benzene ring substituents is 1. The Kier molecular flexibility index (Phi) is 3.01. The molecular formula is C11H8ClN3O2. The van der Waals surface area contributed by atoms with Crippen molar-refractivity contribution >= 4 is 17.3 Å². The Morgan fingerprint density at radius 3 is 2.76 bits per heavy atom. The van der Waals surface area contributed by atoms with Gasteiger partial charge in [0, 0.05) is 23.9 Å². The quantitative estimate of drug-likeness (QED) is 0.466. The summed E-state index contributed by atoms with van der Waals surface area (Å²) in [7, 11) is 0. The minimum atomic E-state index is -0.439. The average Bonchev–Trinajstić information content (AvgIpc) is 2.29. The van der Waals surface area contributed by atoms with E-state index < -0.39 is 4.92 Å². The Hall–Kier alpha value is -2.01. The molecule has 86 valence electrons. The van der Waals surface area contributed by atoms with E-state index in [2.05, 4.69) is 9.97 Å². The molecule has 0 amide bonds. The van der Waals surface area contributed by atoms with Crippen molar-refractivity contribution in [3.8, 4) is 11.3 Å². The van der Waals surface area contributed by atoms with Gasteiger partial charge in [0.05, 0.1) is 10.6 Å². The van der Waals surface area contributed by atoms with Crippen molar-refractivity contribution in [3.05, 3.63) is 51.4 Å². The van der Waals surface area contributed by atoms with Gasteiger partial charge in [0.2, 0.25) is 5.28 Å². The van der Waals surface area contributed by atoms with Crippen molar-refractivity contribution in [2.45, 2.75) is 6.92 Å². The highest BCUT2D eigenvalue weighted by Gasteiger charge is 2.11. The van der Waals surface area contributed by atoms with E-state index in [4.69, 9.17) is 11.6 Å². The Bertz CT molecular complexity index is 587. The van der Waals surface area contributed by atoms with E-state index in [9.17, 15) is 10.1 Å². The SMILES string of the molecule is Cc1ccc([N+](=O)[O-])cc1-c1ccnc(Cl)n1. The van der Waals surface area contributed by atoms with Crippen molar-refractivity contribution in [1.29, 1.82) is 0 Å². The van der Waals surface area contributed by atoms with Crippen LogP contribution >= 0.6 is 11.6 Å². The number of aryl methyl sites for hydroxylation is 1. The van der Waals surface area contributed by atoms with E-state index in [0.29, 0.717) is 11.3 Å². The lowest BCUT2D eigenvalue weighted by atomic mass is 10.0. The molecule has 0 atom stereocenters. The van der Waals surface area contributed by atoms with E-state index in [1.165, 1.54) is 18.3 Å². The molecule has 17 heavy (non-hydrogen) atoms. The molecule has 0 spiro atoms. The number of hydrogen-bond acceptors (Lipinski definition) is 4. The Morgan fingerprint density at radius 2 is 2.12 bits per heavy atom. The number of halogens is 1. The molecule has 0 saturated carbocycles. The van der Waals surface area contributed by atoms with Crippen molar-refractivity contribution in [2.75, 3.05) is 0 Å². The van der Waals surface area contributed by atoms with Gasteiger partial charge >= 0.3 is 0 Å². The largest absolute Gasteiger partial charge is 0.270 e. The molecule has 0 aliphatic carbocycles. The topological polar surface area (TPSA) is 68.9 Å². The van der Waals surface area contributed by atoms with Crippen LogP contribution in [0.2, 0.25) is 5.28 Å². The van der Waals surface area contributed by atoms with Gasteiger partial charge in [-0.25, -0.2) is 9.97 Å². The molecule has 1 aromatic carbocycles. The van der Waals surface area contributed by atoms with E-state index in [0.717, 1.165) is 5.56 Å². The molecule has 0 bridgehead atoms. The smallest absolute Gasteiger partial charge is 0.258 e. The molecule has 0 unspecified atom stereocenters. The molecule has 2 aromatic rings. The van der Waals surface area contributed by atoms with Crippen LogP contribution < -0.4 is 0 Å². The molecule has 0 N–H and O–H groups in total. The van der Waals surface area contributed by atoms with Gasteiger partial charge in [0.1, 0.15) is 0 Å². The van der Waals surface area contributed by atoms with Crippen molar-refractivity contribution in [1.82, 2.24) is 9.97 Å². The molecule has 0 fully saturated rings. The number of rotatable bonds is 2. The summed E-state index contributed by atoms with van der Waals surface area (Å²) in [5, 5.41) is 10.8. The van der Waals surface area contributed by atoms with Gasteiger partial charge in [-0.15, -0.1) is 0 Å².